The minimum atomic E-state index is -4.74. The predicted octanol–water partition coefficient (Wildman–Crippen LogP) is 4.44. The van der Waals surface area contributed by atoms with Crippen LogP contribution in [-0.2, 0) is 21.0 Å². The van der Waals surface area contributed by atoms with E-state index in [9.17, 15) is 26.4 Å². The van der Waals surface area contributed by atoms with Gasteiger partial charge in [0.15, 0.2) is 0 Å². The van der Waals surface area contributed by atoms with Gasteiger partial charge in [0.25, 0.3) is 0 Å². The highest BCUT2D eigenvalue weighted by molar-refractivity contribution is 7.89. The third-order valence-corrected chi connectivity index (χ3v) is 10.4. The molecule has 5 fully saturated rings. The first-order valence-corrected chi connectivity index (χ1v) is 13.3. The summed E-state index contributed by atoms with van der Waals surface area (Å²) in [6, 6.07) is 4.31. The summed E-state index contributed by atoms with van der Waals surface area (Å²) in [7, 11) is -4.27. The van der Waals surface area contributed by atoms with Crippen molar-refractivity contribution in [3.05, 3.63) is 29.8 Å². The maximum Gasteiger partial charge on any atom is 0.417 e. The van der Waals surface area contributed by atoms with E-state index in [0.717, 1.165) is 35.7 Å². The molecule has 3 unspecified atom stereocenters. The van der Waals surface area contributed by atoms with Gasteiger partial charge in [0.2, 0.25) is 15.9 Å². The summed E-state index contributed by atoms with van der Waals surface area (Å²) >= 11 is 0. The molecule has 1 N–H and O–H groups in total. The Hall–Kier alpha value is -1.61. The second kappa shape index (κ2) is 7.70. The van der Waals surface area contributed by atoms with E-state index in [4.69, 9.17) is 0 Å². The molecule has 0 spiro atoms. The number of nitrogens with one attached hydrogen (secondary N) is 1. The average Bonchev–Trinajstić information content (AvgIpc) is 3.19. The Kier molecular flexibility index (Phi) is 5.40. The summed E-state index contributed by atoms with van der Waals surface area (Å²) in [6.07, 6.45) is 2.27. The summed E-state index contributed by atoms with van der Waals surface area (Å²) in [6.45, 7) is 2.94. The van der Waals surface area contributed by atoms with Gasteiger partial charge >= 0.3 is 6.18 Å². The van der Waals surface area contributed by atoms with Crippen molar-refractivity contribution in [3.8, 4) is 0 Å². The van der Waals surface area contributed by atoms with E-state index in [0.29, 0.717) is 24.8 Å². The van der Waals surface area contributed by atoms with Gasteiger partial charge in [-0.3, -0.25) is 4.79 Å². The van der Waals surface area contributed by atoms with E-state index in [1.807, 2.05) is 0 Å². The van der Waals surface area contributed by atoms with Gasteiger partial charge in [0.05, 0.1) is 15.9 Å². The number of hydrogen-bond acceptors (Lipinski definition) is 3. The van der Waals surface area contributed by atoms with Crippen molar-refractivity contribution < 1.29 is 26.4 Å². The highest BCUT2D eigenvalue weighted by Gasteiger charge is 2.58. The number of carbonyl (C=O) groups excluding carboxylic acids is 1. The number of alkyl halides is 3. The van der Waals surface area contributed by atoms with Crippen LogP contribution in [0, 0.1) is 28.6 Å². The molecule has 5 aliphatic rings. The van der Waals surface area contributed by atoms with Gasteiger partial charge in [0, 0.05) is 19.6 Å². The summed E-state index contributed by atoms with van der Waals surface area (Å²) < 4.78 is 67.2. The van der Waals surface area contributed by atoms with Crippen molar-refractivity contribution in [2.75, 3.05) is 19.6 Å². The number of hydrogen-bond donors (Lipinski definition) is 1. The van der Waals surface area contributed by atoms with E-state index in [1.54, 1.807) is 0 Å². The Morgan fingerprint density at radius 1 is 1.15 bits per heavy atom. The first kappa shape index (κ1) is 23.1. The zero-order chi connectivity index (χ0) is 23.6. The molecule has 5 nitrogen and oxygen atoms in total. The molecule has 4 bridgehead atoms. The third-order valence-electron chi connectivity index (χ3n) is 8.45. The van der Waals surface area contributed by atoms with Gasteiger partial charge in [-0.1, -0.05) is 19.1 Å². The van der Waals surface area contributed by atoms with E-state index in [1.165, 1.54) is 31.4 Å². The van der Waals surface area contributed by atoms with Gasteiger partial charge in [-0.2, -0.15) is 17.5 Å². The molecule has 0 radical (unpaired) electrons. The first-order chi connectivity index (χ1) is 15.4. The average molecular weight is 485 g/mol. The summed E-state index contributed by atoms with van der Waals surface area (Å²) in [5.74, 6) is 1.24. The lowest BCUT2D eigenvalue weighted by molar-refractivity contribution is -0.155. The second-order valence-corrected chi connectivity index (χ2v) is 13.2. The number of nitrogens with zero attached hydrogens (tertiary/aromatic N) is 1. The standard InChI is InChI=1S/C24H31F3N2O3S/c1-22-9-17-8-18(10-22)12-23(11-17,15-22)21(30)28-13-16-6-7-29(14-16)33(31,32)20-5-3-2-4-19(20)24(25,26)27/h2-5,16-18H,6-15H2,1H3,(H,28,30)/t16?,17-,18+,22?,23?. The molecule has 1 amide bonds. The lowest BCUT2D eigenvalue weighted by atomic mass is 9.44. The van der Waals surface area contributed by atoms with Crippen LogP contribution in [0.5, 0.6) is 0 Å². The number of sulfonamides is 1. The Balaban J connectivity index is 1.23. The molecule has 5 atom stereocenters. The molecular weight excluding hydrogens is 453 g/mol. The van der Waals surface area contributed by atoms with Crippen LogP contribution in [0.25, 0.3) is 0 Å². The minimum absolute atomic E-state index is 0.0894. The maximum atomic E-state index is 13.4. The van der Waals surface area contributed by atoms with Crippen LogP contribution in [0.3, 0.4) is 0 Å². The third kappa shape index (κ3) is 4.09. The lowest BCUT2D eigenvalue weighted by Crippen LogP contribution is -2.57. The monoisotopic (exact) mass is 484 g/mol. The van der Waals surface area contributed by atoms with Crippen LogP contribution in [0.4, 0.5) is 13.2 Å². The summed E-state index contributed by atoms with van der Waals surface area (Å²) in [5, 5.41) is 3.11. The molecule has 4 saturated carbocycles. The topological polar surface area (TPSA) is 66.5 Å². The molecule has 33 heavy (non-hydrogen) atoms. The van der Waals surface area contributed by atoms with Crippen molar-refractivity contribution in [3.63, 3.8) is 0 Å². The molecule has 1 heterocycles. The molecule has 1 saturated heterocycles. The van der Waals surface area contributed by atoms with Gasteiger partial charge in [-0.25, -0.2) is 8.42 Å². The Bertz CT molecular complexity index is 1040. The smallest absolute Gasteiger partial charge is 0.355 e. The summed E-state index contributed by atoms with van der Waals surface area (Å²) in [4.78, 5) is 12.6. The van der Waals surface area contributed by atoms with Crippen molar-refractivity contribution in [2.24, 2.45) is 28.6 Å². The zero-order valence-corrected chi connectivity index (χ0v) is 19.6. The second-order valence-electron chi connectivity index (χ2n) is 11.3. The quantitative estimate of drug-likeness (QED) is 0.672. The Labute approximate surface area is 193 Å². The van der Waals surface area contributed by atoms with Crippen LogP contribution in [0.15, 0.2) is 29.2 Å². The van der Waals surface area contributed by atoms with Crippen molar-refractivity contribution in [1.82, 2.24) is 9.62 Å². The van der Waals surface area contributed by atoms with E-state index >= 15 is 0 Å². The van der Waals surface area contributed by atoms with Crippen LogP contribution < -0.4 is 5.32 Å². The Morgan fingerprint density at radius 3 is 2.45 bits per heavy atom. The van der Waals surface area contributed by atoms with Gasteiger partial charge in [0.1, 0.15) is 0 Å². The highest BCUT2D eigenvalue weighted by atomic mass is 32.2. The predicted molar refractivity (Wildman–Crippen MR) is 117 cm³/mol. The molecule has 6 rings (SSSR count). The van der Waals surface area contributed by atoms with Gasteiger partial charge < -0.3 is 5.32 Å². The van der Waals surface area contributed by atoms with Crippen molar-refractivity contribution in [1.29, 1.82) is 0 Å². The van der Waals surface area contributed by atoms with Gasteiger partial charge in [-0.05, 0) is 80.2 Å². The van der Waals surface area contributed by atoms with Crippen LogP contribution >= 0.6 is 0 Å². The van der Waals surface area contributed by atoms with Crippen molar-refractivity contribution in [2.45, 2.75) is 62.9 Å². The highest BCUT2D eigenvalue weighted by Crippen LogP contribution is 2.65. The molecule has 182 valence electrons. The van der Waals surface area contributed by atoms with E-state index < -0.39 is 26.7 Å². The fraction of sp³-hybridized carbons (Fsp3) is 0.708. The normalized spacial score (nSPS) is 36.3. The molecular formula is C24H31F3N2O3S. The molecule has 1 aliphatic heterocycles. The van der Waals surface area contributed by atoms with Crippen molar-refractivity contribution >= 4 is 15.9 Å². The summed E-state index contributed by atoms with van der Waals surface area (Å²) in [5.41, 5.74) is -1.18. The number of carbonyl (C=O) groups is 1. The molecule has 1 aromatic carbocycles. The molecule has 1 aromatic rings. The number of halogens is 3. The number of rotatable bonds is 5. The van der Waals surface area contributed by atoms with E-state index in [2.05, 4.69) is 12.2 Å². The Morgan fingerprint density at radius 2 is 1.82 bits per heavy atom. The largest absolute Gasteiger partial charge is 0.417 e. The maximum absolute atomic E-state index is 13.4. The molecule has 0 aromatic heterocycles. The van der Waals surface area contributed by atoms with E-state index in [-0.39, 0.29) is 35.7 Å². The van der Waals surface area contributed by atoms with Gasteiger partial charge in [-0.15, -0.1) is 0 Å². The fourth-order valence-electron chi connectivity index (χ4n) is 7.66. The molecule has 4 aliphatic carbocycles. The number of amides is 1. The molecule has 9 heteroatoms. The SMILES string of the molecule is CC12C[C@H]3C[C@@H](C1)CC(C(=O)NCC1CCN(S(=O)(=O)c4ccccc4C(F)(F)F)C1)(C3)C2. The lowest BCUT2D eigenvalue weighted by Gasteiger charge is -2.60. The van der Waals surface area contributed by atoms with Crippen LogP contribution in [0.2, 0.25) is 0 Å². The fourth-order valence-corrected chi connectivity index (χ4v) is 9.40. The minimum Gasteiger partial charge on any atom is -0.355 e. The van der Waals surface area contributed by atoms with Crippen LogP contribution in [-0.4, -0.2) is 38.3 Å². The number of benzene rings is 1. The zero-order valence-electron chi connectivity index (χ0n) is 18.8. The van der Waals surface area contributed by atoms with Crippen LogP contribution in [0.1, 0.15) is 57.4 Å². The first-order valence-electron chi connectivity index (χ1n) is 11.9.